The molecule has 2 heterocycles. The summed E-state index contributed by atoms with van der Waals surface area (Å²) in [5.74, 6) is 0. The number of anilines is 2. The molecule has 0 aliphatic rings. The predicted octanol–water partition coefficient (Wildman–Crippen LogP) is 2.99. The normalized spacial score (nSPS) is 10.9. The maximum Gasteiger partial charge on any atom is 0.106 e. The van der Waals surface area contributed by atoms with Crippen LogP contribution in [0, 0.1) is 0 Å². The zero-order valence-corrected chi connectivity index (χ0v) is 11.2. The van der Waals surface area contributed by atoms with Crippen LogP contribution in [-0.4, -0.2) is 16.5 Å². The number of rotatable bonds is 4. The molecule has 0 aliphatic carbocycles. The molecule has 2 aromatic heterocycles. The van der Waals surface area contributed by atoms with E-state index in [1.165, 1.54) is 0 Å². The van der Waals surface area contributed by atoms with Gasteiger partial charge in [-0.25, -0.2) is 9.97 Å². The maximum atomic E-state index is 6.09. The molecule has 3 aromatic rings. The molecular weight excluding hydrogens is 264 g/mol. The average molecular weight is 276 g/mol. The van der Waals surface area contributed by atoms with Crippen LogP contribution in [0.2, 0.25) is 0 Å². The number of nitrogens with one attached hydrogen (secondary N) is 1. The van der Waals surface area contributed by atoms with Crippen LogP contribution in [0.4, 0.5) is 11.4 Å². The first-order valence-electron chi connectivity index (χ1n) is 5.57. The Bertz CT molecular complexity index is 645. The minimum Gasteiger partial charge on any atom is -0.395 e. The first kappa shape index (κ1) is 11.4. The van der Waals surface area contributed by atoms with E-state index in [1.807, 2.05) is 17.1 Å². The first-order valence-corrected chi connectivity index (χ1v) is 7.39. The van der Waals surface area contributed by atoms with Crippen molar-refractivity contribution in [2.45, 2.75) is 6.42 Å². The summed E-state index contributed by atoms with van der Waals surface area (Å²) in [6, 6.07) is 4.06. The highest BCUT2D eigenvalue weighted by Gasteiger charge is 2.06. The number of nitrogens with two attached hydrogens (primary N) is 1. The van der Waals surface area contributed by atoms with Crippen molar-refractivity contribution < 1.29 is 0 Å². The smallest absolute Gasteiger partial charge is 0.106 e. The minimum atomic E-state index is 0.729. The van der Waals surface area contributed by atoms with E-state index in [9.17, 15) is 0 Å². The van der Waals surface area contributed by atoms with E-state index in [1.54, 1.807) is 22.7 Å². The van der Waals surface area contributed by atoms with Crippen LogP contribution in [0.1, 0.15) is 5.69 Å². The predicted molar refractivity (Wildman–Crippen MR) is 78.3 cm³/mol. The summed E-state index contributed by atoms with van der Waals surface area (Å²) >= 11 is 3.22. The quantitative estimate of drug-likeness (QED) is 0.719. The van der Waals surface area contributed by atoms with Gasteiger partial charge in [0.15, 0.2) is 0 Å². The maximum absolute atomic E-state index is 6.09. The fourth-order valence-electron chi connectivity index (χ4n) is 1.79. The fourth-order valence-corrected chi connectivity index (χ4v) is 3.08. The second-order valence-corrected chi connectivity index (χ2v) is 5.49. The summed E-state index contributed by atoms with van der Waals surface area (Å²) < 4.78 is 1.12. The Morgan fingerprint density at radius 1 is 1.22 bits per heavy atom. The summed E-state index contributed by atoms with van der Waals surface area (Å²) in [4.78, 5) is 8.53. The lowest BCUT2D eigenvalue weighted by molar-refractivity contribution is 0.978. The van der Waals surface area contributed by atoms with Gasteiger partial charge in [-0.05, 0) is 12.1 Å². The Morgan fingerprint density at radius 3 is 3.00 bits per heavy atom. The molecule has 18 heavy (non-hydrogen) atoms. The molecule has 6 heteroatoms. The standard InChI is InChI=1S/C12H12N4S2/c13-11-9(1-2-10-12(11)16-7-18-10)14-4-3-8-5-17-6-15-8/h1-2,5-7,14H,3-4,13H2. The first-order chi connectivity index (χ1) is 8.84. The number of hydrogen-bond acceptors (Lipinski definition) is 6. The second kappa shape index (κ2) is 4.91. The van der Waals surface area contributed by atoms with Crippen LogP contribution in [0.3, 0.4) is 0 Å². The van der Waals surface area contributed by atoms with Gasteiger partial charge < -0.3 is 11.1 Å². The number of hydrogen-bond donors (Lipinski definition) is 2. The van der Waals surface area contributed by atoms with Gasteiger partial charge >= 0.3 is 0 Å². The molecule has 0 saturated carbocycles. The number of thiazole rings is 2. The monoisotopic (exact) mass is 276 g/mol. The van der Waals surface area contributed by atoms with Gasteiger partial charge in [-0.3, -0.25) is 0 Å². The molecule has 0 spiro atoms. The van der Waals surface area contributed by atoms with E-state index < -0.39 is 0 Å². The summed E-state index contributed by atoms with van der Waals surface area (Å²) in [5, 5.41) is 5.40. The van der Waals surface area contributed by atoms with Crippen LogP contribution in [-0.2, 0) is 6.42 Å². The van der Waals surface area contributed by atoms with Gasteiger partial charge in [0.25, 0.3) is 0 Å². The highest BCUT2D eigenvalue weighted by Crippen LogP contribution is 2.29. The van der Waals surface area contributed by atoms with E-state index in [4.69, 9.17) is 5.73 Å². The molecular formula is C12H12N4S2. The van der Waals surface area contributed by atoms with E-state index in [-0.39, 0.29) is 0 Å². The van der Waals surface area contributed by atoms with Crippen molar-refractivity contribution in [1.29, 1.82) is 0 Å². The van der Waals surface area contributed by atoms with Crippen LogP contribution in [0.25, 0.3) is 10.2 Å². The summed E-state index contributed by atoms with van der Waals surface area (Å²) in [7, 11) is 0. The summed E-state index contributed by atoms with van der Waals surface area (Å²) in [6.07, 6.45) is 0.901. The highest BCUT2D eigenvalue weighted by atomic mass is 32.1. The van der Waals surface area contributed by atoms with Crippen LogP contribution >= 0.6 is 22.7 Å². The molecule has 0 fully saturated rings. The van der Waals surface area contributed by atoms with Crippen molar-refractivity contribution in [3.05, 3.63) is 34.2 Å². The lowest BCUT2D eigenvalue weighted by atomic mass is 10.2. The molecule has 0 radical (unpaired) electrons. The molecule has 92 valence electrons. The van der Waals surface area contributed by atoms with Gasteiger partial charge in [-0.2, -0.15) is 0 Å². The molecule has 0 unspecified atom stereocenters. The number of nitrogen functional groups attached to an aromatic ring is 1. The van der Waals surface area contributed by atoms with Crippen molar-refractivity contribution in [2.24, 2.45) is 0 Å². The van der Waals surface area contributed by atoms with E-state index in [2.05, 4.69) is 26.7 Å². The van der Waals surface area contributed by atoms with Gasteiger partial charge in [0.2, 0.25) is 0 Å². The van der Waals surface area contributed by atoms with Crippen LogP contribution < -0.4 is 11.1 Å². The SMILES string of the molecule is Nc1c(NCCc2cscn2)ccc2scnc12. The third kappa shape index (κ3) is 2.16. The Labute approximate surface area is 113 Å². The van der Waals surface area contributed by atoms with Gasteiger partial charge in [0.05, 0.1) is 32.8 Å². The van der Waals surface area contributed by atoms with E-state index in [0.29, 0.717) is 0 Å². The van der Waals surface area contributed by atoms with E-state index >= 15 is 0 Å². The number of fused-ring (bicyclic) bond motifs is 1. The minimum absolute atomic E-state index is 0.729. The van der Waals surface area contributed by atoms with Crippen molar-refractivity contribution in [1.82, 2.24) is 9.97 Å². The molecule has 0 bridgehead atoms. The van der Waals surface area contributed by atoms with Crippen LogP contribution in [0.5, 0.6) is 0 Å². The Morgan fingerprint density at radius 2 is 2.17 bits per heavy atom. The molecule has 0 aliphatic heterocycles. The number of aromatic nitrogens is 2. The summed E-state index contributed by atoms with van der Waals surface area (Å²) in [5.41, 5.74) is 13.4. The van der Waals surface area contributed by atoms with Gasteiger partial charge in [0.1, 0.15) is 5.52 Å². The molecule has 0 amide bonds. The van der Waals surface area contributed by atoms with Crippen molar-refractivity contribution >= 4 is 44.3 Å². The van der Waals surface area contributed by atoms with Crippen LogP contribution in [0.15, 0.2) is 28.5 Å². The van der Waals surface area contributed by atoms with Gasteiger partial charge in [-0.15, -0.1) is 22.7 Å². The Balaban J connectivity index is 1.72. The zero-order chi connectivity index (χ0) is 12.4. The topological polar surface area (TPSA) is 63.8 Å². The second-order valence-electron chi connectivity index (χ2n) is 3.88. The van der Waals surface area contributed by atoms with Crippen molar-refractivity contribution in [2.75, 3.05) is 17.6 Å². The van der Waals surface area contributed by atoms with Gasteiger partial charge in [-0.1, -0.05) is 0 Å². The van der Waals surface area contributed by atoms with Crippen molar-refractivity contribution in [3.8, 4) is 0 Å². The lowest BCUT2D eigenvalue weighted by Gasteiger charge is -2.08. The van der Waals surface area contributed by atoms with E-state index in [0.717, 1.165) is 40.3 Å². The highest BCUT2D eigenvalue weighted by molar-refractivity contribution is 7.16. The zero-order valence-electron chi connectivity index (χ0n) is 9.59. The van der Waals surface area contributed by atoms with Crippen molar-refractivity contribution in [3.63, 3.8) is 0 Å². The molecule has 3 N–H and O–H groups in total. The Kier molecular flexibility index (Phi) is 3.12. The third-order valence-electron chi connectivity index (χ3n) is 2.72. The number of benzene rings is 1. The molecule has 1 aromatic carbocycles. The molecule has 0 saturated heterocycles. The molecule has 3 rings (SSSR count). The third-order valence-corrected chi connectivity index (χ3v) is 4.15. The lowest BCUT2D eigenvalue weighted by Crippen LogP contribution is -2.07. The Hall–Kier alpha value is -1.66. The molecule has 0 atom stereocenters. The average Bonchev–Trinajstić information content (AvgIpc) is 3.02. The summed E-state index contributed by atoms with van der Waals surface area (Å²) in [6.45, 7) is 0.823. The fraction of sp³-hybridized carbons (Fsp3) is 0.167. The molecule has 4 nitrogen and oxygen atoms in total. The number of nitrogens with zero attached hydrogens (tertiary/aromatic N) is 2. The van der Waals surface area contributed by atoms with Gasteiger partial charge in [0, 0.05) is 18.3 Å². The largest absolute Gasteiger partial charge is 0.395 e.